The number of para-hydroxylation sites is 1. The highest BCUT2D eigenvalue weighted by atomic mass is 19.4. The Hall–Kier alpha value is -2.09. The Morgan fingerprint density at radius 1 is 1.19 bits per heavy atom. The van der Waals surface area contributed by atoms with Gasteiger partial charge in [0.15, 0.2) is 0 Å². The SMILES string of the molecule is COc1ccccc1CN(C)Cc1nnc(C(F)(F)F)o1. The number of rotatable bonds is 5. The van der Waals surface area contributed by atoms with E-state index < -0.39 is 12.1 Å². The molecule has 2 rings (SSSR count). The summed E-state index contributed by atoms with van der Waals surface area (Å²) in [7, 11) is 3.30. The molecule has 8 heteroatoms. The van der Waals surface area contributed by atoms with E-state index in [9.17, 15) is 13.2 Å². The van der Waals surface area contributed by atoms with Crippen molar-refractivity contribution in [2.75, 3.05) is 14.2 Å². The molecule has 1 aromatic carbocycles. The summed E-state index contributed by atoms with van der Waals surface area (Å²) in [5.74, 6) is -0.700. The Kier molecular flexibility index (Phi) is 4.46. The van der Waals surface area contributed by atoms with Gasteiger partial charge in [-0.3, -0.25) is 4.90 Å². The second kappa shape index (κ2) is 6.13. The second-order valence-electron chi connectivity index (χ2n) is 4.48. The maximum absolute atomic E-state index is 12.4. The molecule has 21 heavy (non-hydrogen) atoms. The first kappa shape index (κ1) is 15.3. The molecule has 0 aliphatic rings. The third-order valence-corrected chi connectivity index (χ3v) is 2.75. The van der Waals surface area contributed by atoms with Gasteiger partial charge in [0.05, 0.1) is 13.7 Å². The van der Waals surface area contributed by atoms with Crippen LogP contribution in [0.2, 0.25) is 0 Å². The maximum atomic E-state index is 12.4. The van der Waals surface area contributed by atoms with E-state index >= 15 is 0 Å². The van der Waals surface area contributed by atoms with Crippen LogP contribution in [-0.2, 0) is 19.3 Å². The summed E-state index contributed by atoms with van der Waals surface area (Å²) in [5, 5.41) is 6.39. The van der Waals surface area contributed by atoms with Crippen LogP contribution in [0.3, 0.4) is 0 Å². The van der Waals surface area contributed by atoms with Crippen LogP contribution in [0, 0.1) is 0 Å². The molecule has 0 saturated carbocycles. The van der Waals surface area contributed by atoms with Crippen LogP contribution in [0.15, 0.2) is 28.7 Å². The normalized spacial score (nSPS) is 11.9. The van der Waals surface area contributed by atoms with Crippen molar-refractivity contribution in [1.82, 2.24) is 15.1 Å². The fraction of sp³-hybridized carbons (Fsp3) is 0.385. The van der Waals surface area contributed by atoms with Gasteiger partial charge < -0.3 is 9.15 Å². The van der Waals surface area contributed by atoms with Crippen molar-refractivity contribution in [1.29, 1.82) is 0 Å². The van der Waals surface area contributed by atoms with Crippen LogP contribution in [-0.4, -0.2) is 29.3 Å². The molecule has 0 amide bonds. The van der Waals surface area contributed by atoms with Gasteiger partial charge in [-0.05, 0) is 13.1 Å². The number of methoxy groups -OCH3 is 1. The molecule has 0 N–H and O–H groups in total. The first-order chi connectivity index (χ1) is 9.90. The molecule has 0 unspecified atom stereocenters. The number of nitrogens with zero attached hydrogens (tertiary/aromatic N) is 3. The third kappa shape index (κ3) is 3.94. The molecular formula is C13H14F3N3O2. The average molecular weight is 301 g/mol. The predicted molar refractivity (Wildman–Crippen MR) is 67.5 cm³/mol. The number of hydrogen-bond donors (Lipinski definition) is 0. The number of alkyl halides is 3. The van der Waals surface area contributed by atoms with Crippen molar-refractivity contribution in [2.45, 2.75) is 19.3 Å². The number of halogens is 3. The molecule has 0 spiro atoms. The van der Waals surface area contributed by atoms with Crippen LogP contribution in [0.25, 0.3) is 0 Å². The standard InChI is InChI=1S/C13H14F3N3O2/c1-19(7-9-5-3-4-6-10(9)20-2)8-11-17-18-12(21-11)13(14,15)16/h3-6H,7-8H2,1-2H3. The predicted octanol–water partition coefficient (Wildman–Crippen LogP) is 2.73. The van der Waals surface area contributed by atoms with Gasteiger partial charge in [0.2, 0.25) is 5.89 Å². The van der Waals surface area contributed by atoms with Crippen LogP contribution in [0.4, 0.5) is 13.2 Å². The molecule has 0 saturated heterocycles. The largest absolute Gasteiger partial charge is 0.496 e. The zero-order chi connectivity index (χ0) is 15.5. The highest BCUT2D eigenvalue weighted by Crippen LogP contribution is 2.28. The zero-order valence-corrected chi connectivity index (χ0v) is 11.5. The lowest BCUT2D eigenvalue weighted by Gasteiger charge is -2.16. The minimum absolute atomic E-state index is 0.0836. The van der Waals surface area contributed by atoms with Crippen molar-refractivity contribution in [3.05, 3.63) is 41.6 Å². The van der Waals surface area contributed by atoms with E-state index in [1.54, 1.807) is 19.1 Å². The minimum Gasteiger partial charge on any atom is -0.496 e. The highest BCUT2D eigenvalue weighted by molar-refractivity contribution is 5.32. The Labute approximate surface area is 119 Å². The molecule has 0 aliphatic carbocycles. The topological polar surface area (TPSA) is 51.4 Å². The summed E-state index contributed by atoms with van der Waals surface area (Å²) in [6.45, 7) is 0.592. The van der Waals surface area contributed by atoms with Gasteiger partial charge in [-0.15, -0.1) is 10.2 Å². The summed E-state index contributed by atoms with van der Waals surface area (Å²) < 4.78 is 46.9. The summed E-state index contributed by atoms with van der Waals surface area (Å²) in [4.78, 5) is 1.76. The van der Waals surface area contributed by atoms with Gasteiger partial charge in [0, 0.05) is 12.1 Å². The summed E-state index contributed by atoms with van der Waals surface area (Å²) in [6.07, 6.45) is -4.62. The Bertz CT molecular complexity index is 598. The van der Waals surface area contributed by atoms with E-state index in [1.165, 1.54) is 0 Å². The summed E-state index contributed by atoms with van der Waals surface area (Å²) in [6, 6.07) is 7.40. The zero-order valence-electron chi connectivity index (χ0n) is 11.5. The van der Waals surface area contributed by atoms with Gasteiger partial charge in [0.25, 0.3) is 0 Å². The fourth-order valence-corrected chi connectivity index (χ4v) is 1.84. The minimum atomic E-state index is -4.62. The number of benzene rings is 1. The first-order valence-electron chi connectivity index (χ1n) is 6.10. The molecule has 0 bridgehead atoms. The van der Waals surface area contributed by atoms with E-state index in [1.807, 2.05) is 24.3 Å². The summed E-state index contributed by atoms with van der Waals surface area (Å²) in [5.41, 5.74) is 0.915. The first-order valence-corrected chi connectivity index (χ1v) is 6.10. The lowest BCUT2D eigenvalue weighted by Crippen LogP contribution is -2.18. The molecular weight excluding hydrogens is 287 g/mol. The van der Waals surface area contributed by atoms with Gasteiger partial charge in [0.1, 0.15) is 5.75 Å². The lowest BCUT2D eigenvalue weighted by molar-refractivity contribution is -0.157. The van der Waals surface area contributed by atoms with Gasteiger partial charge >= 0.3 is 12.1 Å². The lowest BCUT2D eigenvalue weighted by atomic mass is 10.2. The Morgan fingerprint density at radius 2 is 1.90 bits per heavy atom. The van der Waals surface area contributed by atoms with Crippen molar-refractivity contribution in [2.24, 2.45) is 0 Å². The van der Waals surface area contributed by atoms with E-state index in [0.29, 0.717) is 12.3 Å². The van der Waals surface area contributed by atoms with E-state index in [-0.39, 0.29) is 12.4 Å². The Balaban J connectivity index is 2.01. The van der Waals surface area contributed by atoms with Crippen molar-refractivity contribution in [3.8, 4) is 5.75 Å². The smallest absolute Gasteiger partial charge is 0.470 e. The monoisotopic (exact) mass is 301 g/mol. The molecule has 0 atom stereocenters. The number of ether oxygens (including phenoxy) is 1. The number of hydrogen-bond acceptors (Lipinski definition) is 5. The van der Waals surface area contributed by atoms with Gasteiger partial charge in [-0.25, -0.2) is 0 Å². The van der Waals surface area contributed by atoms with Crippen LogP contribution < -0.4 is 4.74 Å². The van der Waals surface area contributed by atoms with Gasteiger partial charge in [-0.1, -0.05) is 18.2 Å². The van der Waals surface area contributed by atoms with Gasteiger partial charge in [-0.2, -0.15) is 13.2 Å². The molecule has 114 valence electrons. The van der Waals surface area contributed by atoms with E-state index in [0.717, 1.165) is 5.56 Å². The average Bonchev–Trinajstić information content (AvgIpc) is 2.87. The highest BCUT2D eigenvalue weighted by Gasteiger charge is 2.38. The van der Waals surface area contributed by atoms with Crippen LogP contribution >= 0.6 is 0 Å². The van der Waals surface area contributed by atoms with E-state index in [4.69, 9.17) is 4.74 Å². The molecule has 1 heterocycles. The summed E-state index contributed by atoms with van der Waals surface area (Å²) >= 11 is 0. The van der Waals surface area contributed by atoms with Crippen molar-refractivity contribution in [3.63, 3.8) is 0 Å². The van der Waals surface area contributed by atoms with E-state index in [2.05, 4.69) is 14.6 Å². The van der Waals surface area contributed by atoms with Crippen LogP contribution in [0.5, 0.6) is 5.75 Å². The molecule has 0 radical (unpaired) electrons. The Morgan fingerprint density at radius 3 is 2.52 bits per heavy atom. The maximum Gasteiger partial charge on any atom is 0.470 e. The molecule has 1 aromatic heterocycles. The quantitative estimate of drug-likeness (QED) is 0.850. The molecule has 0 aliphatic heterocycles. The van der Waals surface area contributed by atoms with Crippen molar-refractivity contribution < 1.29 is 22.3 Å². The third-order valence-electron chi connectivity index (χ3n) is 2.75. The van der Waals surface area contributed by atoms with Crippen molar-refractivity contribution >= 4 is 0 Å². The van der Waals surface area contributed by atoms with Crippen LogP contribution in [0.1, 0.15) is 17.3 Å². The molecule has 0 fully saturated rings. The second-order valence-corrected chi connectivity index (χ2v) is 4.48. The molecule has 5 nitrogen and oxygen atoms in total. The fourth-order valence-electron chi connectivity index (χ4n) is 1.84. The molecule has 2 aromatic rings. The number of aromatic nitrogens is 2.